The van der Waals surface area contributed by atoms with Crippen molar-refractivity contribution in [3.8, 4) is 0 Å². The molecule has 4 rings (SSSR count). The van der Waals surface area contributed by atoms with E-state index in [9.17, 15) is 23.2 Å². The number of nitrogens with zero attached hydrogens (tertiary/aromatic N) is 3. The number of hydrogen-bond acceptors (Lipinski definition) is 4. The number of ether oxygens (including phenoxy) is 1. The second-order valence-electron chi connectivity index (χ2n) is 8.69. The number of halogens is 2. The lowest BCUT2D eigenvalue weighted by Crippen LogP contribution is -2.48. The SMILES string of the molecule is CCN(CC)C(=O)c1c(F)ccc(F)c1C(=O)N1CCC(N2C(=O)OCC2c2ccccc2)CC1. The first-order valence-corrected chi connectivity index (χ1v) is 11.9. The van der Waals surface area contributed by atoms with Gasteiger partial charge in [-0.25, -0.2) is 13.6 Å². The van der Waals surface area contributed by atoms with Crippen LogP contribution in [0.4, 0.5) is 13.6 Å². The number of carbonyl (C=O) groups is 3. The van der Waals surface area contributed by atoms with Gasteiger partial charge in [0.1, 0.15) is 18.2 Å². The number of likely N-dealkylation sites (tertiary alicyclic amines) is 1. The molecule has 1 atom stereocenters. The molecule has 2 saturated heterocycles. The van der Waals surface area contributed by atoms with Gasteiger partial charge in [0.05, 0.1) is 17.2 Å². The monoisotopic (exact) mass is 485 g/mol. The average molecular weight is 486 g/mol. The van der Waals surface area contributed by atoms with E-state index in [-0.39, 0.29) is 31.8 Å². The van der Waals surface area contributed by atoms with E-state index in [2.05, 4.69) is 0 Å². The summed E-state index contributed by atoms with van der Waals surface area (Å²) in [5.41, 5.74) is -0.102. The zero-order valence-electron chi connectivity index (χ0n) is 19.9. The van der Waals surface area contributed by atoms with Gasteiger partial charge in [-0.15, -0.1) is 0 Å². The normalized spacial score (nSPS) is 18.5. The lowest BCUT2D eigenvalue weighted by Gasteiger charge is -2.38. The summed E-state index contributed by atoms with van der Waals surface area (Å²) in [6, 6.07) is 11.0. The maximum absolute atomic E-state index is 14.8. The molecule has 3 amide bonds. The lowest BCUT2D eigenvalue weighted by atomic mass is 9.97. The summed E-state index contributed by atoms with van der Waals surface area (Å²) in [7, 11) is 0. The molecule has 0 aromatic heterocycles. The molecule has 2 aromatic rings. The summed E-state index contributed by atoms with van der Waals surface area (Å²) in [6.45, 7) is 4.81. The molecule has 2 aliphatic rings. The van der Waals surface area contributed by atoms with Crippen LogP contribution in [0, 0.1) is 11.6 Å². The highest BCUT2D eigenvalue weighted by molar-refractivity contribution is 6.07. The molecule has 2 fully saturated rings. The molecule has 7 nitrogen and oxygen atoms in total. The largest absolute Gasteiger partial charge is 0.447 e. The van der Waals surface area contributed by atoms with E-state index in [0.29, 0.717) is 25.9 Å². The summed E-state index contributed by atoms with van der Waals surface area (Å²) in [6.07, 6.45) is 0.521. The van der Waals surface area contributed by atoms with Gasteiger partial charge >= 0.3 is 6.09 Å². The van der Waals surface area contributed by atoms with Crippen molar-refractivity contribution in [2.45, 2.75) is 38.8 Å². The van der Waals surface area contributed by atoms with Crippen molar-refractivity contribution >= 4 is 17.9 Å². The fraction of sp³-hybridized carbons (Fsp3) is 0.423. The first kappa shape index (κ1) is 24.6. The molecule has 35 heavy (non-hydrogen) atoms. The molecule has 0 spiro atoms. The summed E-state index contributed by atoms with van der Waals surface area (Å²) in [5, 5.41) is 0. The smallest absolute Gasteiger partial charge is 0.410 e. The van der Waals surface area contributed by atoms with Crippen LogP contribution in [0.15, 0.2) is 42.5 Å². The Hall–Kier alpha value is -3.49. The molecule has 2 heterocycles. The second-order valence-corrected chi connectivity index (χ2v) is 8.69. The van der Waals surface area contributed by atoms with E-state index in [1.54, 1.807) is 18.7 Å². The van der Waals surface area contributed by atoms with Crippen molar-refractivity contribution in [2.24, 2.45) is 0 Å². The van der Waals surface area contributed by atoms with E-state index in [0.717, 1.165) is 17.7 Å². The quantitative estimate of drug-likeness (QED) is 0.614. The van der Waals surface area contributed by atoms with E-state index in [1.807, 2.05) is 30.3 Å². The molecule has 186 valence electrons. The second kappa shape index (κ2) is 10.4. The summed E-state index contributed by atoms with van der Waals surface area (Å²) in [4.78, 5) is 43.2. The Morgan fingerprint density at radius 1 is 0.971 bits per heavy atom. The molecule has 0 aliphatic carbocycles. The van der Waals surface area contributed by atoms with Gasteiger partial charge in [0.25, 0.3) is 11.8 Å². The maximum atomic E-state index is 14.8. The Bertz CT molecular complexity index is 1100. The van der Waals surface area contributed by atoms with Crippen LogP contribution in [0.5, 0.6) is 0 Å². The number of amides is 3. The third-order valence-electron chi connectivity index (χ3n) is 6.82. The van der Waals surface area contributed by atoms with Crippen molar-refractivity contribution in [1.82, 2.24) is 14.7 Å². The Balaban J connectivity index is 1.53. The Kier molecular flexibility index (Phi) is 7.33. The maximum Gasteiger partial charge on any atom is 0.410 e. The fourth-order valence-electron chi connectivity index (χ4n) is 4.91. The van der Waals surface area contributed by atoms with Crippen molar-refractivity contribution < 1.29 is 27.9 Å². The molecule has 0 radical (unpaired) electrons. The van der Waals surface area contributed by atoms with Crippen LogP contribution >= 0.6 is 0 Å². The Morgan fingerprint density at radius 3 is 2.17 bits per heavy atom. The topological polar surface area (TPSA) is 70.2 Å². The zero-order valence-corrected chi connectivity index (χ0v) is 19.9. The van der Waals surface area contributed by atoms with E-state index < -0.39 is 40.7 Å². The molecule has 0 saturated carbocycles. The van der Waals surface area contributed by atoms with Gasteiger partial charge in [-0.3, -0.25) is 14.5 Å². The van der Waals surface area contributed by atoms with Crippen molar-refractivity contribution in [2.75, 3.05) is 32.8 Å². The van der Waals surface area contributed by atoms with Crippen molar-refractivity contribution in [3.63, 3.8) is 0 Å². The molecule has 0 bridgehead atoms. The average Bonchev–Trinajstić information content (AvgIpc) is 3.27. The number of benzene rings is 2. The van der Waals surface area contributed by atoms with Crippen molar-refractivity contribution in [1.29, 1.82) is 0 Å². The summed E-state index contributed by atoms with van der Waals surface area (Å²) in [5.74, 6) is -3.29. The van der Waals surface area contributed by atoms with Gasteiger partial charge in [-0.05, 0) is 44.4 Å². The molecule has 9 heteroatoms. The predicted octanol–water partition coefficient (Wildman–Crippen LogP) is 4.24. The molecule has 0 N–H and O–H groups in total. The number of piperidine rings is 1. The van der Waals surface area contributed by atoms with Crippen LogP contribution in [0.25, 0.3) is 0 Å². The number of cyclic esters (lactones) is 1. The Labute approximate surface area is 203 Å². The van der Waals surface area contributed by atoms with Crippen LogP contribution < -0.4 is 0 Å². The molecular weight excluding hydrogens is 456 g/mol. The fourth-order valence-corrected chi connectivity index (χ4v) is 4.91. The zero-order chi connectivity index (χ0) is 25.1. The number of carbonyl (C=O) groups excluding carboxylic acids is 3. The molecule has 1 unspecified atom stereocenters. The highest BCUT2D eigenvalue weighted by Crippen LogP contribution is 2.33. The summed E-state index contributed by atoms with van der Waals surface area (Å²) >= 11 is 0. The molecule has 2 aromatic carbocycles. The van der Waals surface area contributed by atoms with Gasteiger partial charge in [-0.1, -0.05) is 30.3 Å². The van der Waals surface area contributed by atoms with E-state index >= 15 is 0 Å². The minimum atomic E-state index is -0.929. The number of rotatable bonds is 6. The third kappa shape index (κ3) is 4.72. The molecular formula is C26H29F2N3O4. The minimum Gasteiger partial charge on any atom is -0.447 e. The van der Waals surface area contributed by atoms with E-state index in [1.165, 1.54) is 9.80 Å². The van der Waals surface area contributed by atoms with Gasteiger partial charge in [-0.2, -0.15) is 0 Å². The Morgan fingerprint density at radius 2 is 1.57 bits per heavy atom. The van der Waals surface area contributed by atoms with Crippen LogP contribution in [0.2, 0.25) is 0 Å². The first-order valence-electron chi connectivity index (χ1n) is 11.9. The van der Waals surface area contributed by atoms with Crippen molar-refractivity contribution in [3.05, 3.63) is 70.8 Å². The summed E-state index contributed by atoms with van der Waals surface area (Å²) < 4.78 is 34.9. The number of hydrogen-bond donors (Lipinski definition) is 0. The van der Waals surface area contributed by atoms with E-state index in [4.69, 9.17) is 4.74 Å². The standard InChI is InChI=1S/C26H29F2N3O4/c1-3-29(4-2)24(32)22-19(27)10-11-20(28)23(22)25(33)30-14-12-18(13-15-30)31-21(16-35-26(31)34)17-8-6-5-7-9-17/h5-11,18,21H,3-4,12-16H2,1-2H3. The minimum absolute atomic E-state index is 0.159. The lowest BCUT2D eigenvalue weighted by molar-refractivity contribution is 0.0619. The van der Waals surface area contributed by atoms with Gasteiger partial charge in [0.15, 0.2) is 0 Å². The van der Waals surface area contributed by atoms with Crippen LogP contribution in [0.3, 0.4) is 0 Å². The highest BCUT2D eigenvalue weighted by atomic mass is 19.1. The highest BCUT2D eigenvalue weighted by Gasteiger charge is 2.41. The van der Waals surface area contributed by atoms with Gasteiger partial charge in [0.2, 0.25) is 0 Å². The van der Waals surface area contributed by atoms with Gasteiger partial charge in [0, 0.05) is 32.2 Å². The van der Waals surface area contributed by atoms with Crippen LogP contribution in [0.1, 0.15) is 59.0 Å². The molecule has 2 aliphatic heterocycles. The third-order valence-corrected chi connectivity index (χ3v) is 6.82. The predicted molar refractivity (Wildman–Crippen MR) is 125 cm³/mol. The van der Waals surface area contributed by atoms with Crippen LogP contribution in [-0.2, 0) is 4.74 Å². The van der Waals surface area contributed by atoms with Crippen LogP contribution in [-0.4, -0.2) is 71.4 Å². The first-order chi connectivity index (χ1) is 16.9. The van der Waals surface area contributed by atoms with Gasteiger partial charge < -0.3 is 14.5 Å².